The summed E-state index contributed by atoms with van der Waals surface area (Å²) in [6.07, 6.45) is 1.21. The zero-order valence-corrected chi connectivity index (χ0v) is 25.8. The summed E-state index contributed by atoms with van der Waals surface area (Å²) in [5.74, 6) is 4.61. The molecule has 0 bridgehead atoms. The molecule has 1 heterocycles. The van der Waals surface area contributed by atoms with Gasteiger partial charge in [0.15, 0.2) is 0 Å². The van der Waals surface area contributed by atoms with Crippen LogP contribution in [-0.4, -0.2) is 50.7 Å². The van der Waals surface area contributed by atoms with Gasteiger partial charge in [-0.3, -0.25) is 0 Å². The van der Waals surface area contributed by atoms with Crippen LogP contribution in [0, 0.1) is 11.8 Å². The van der Waals surface area contributed by atoms with E-state index in [1.54, 1.807) is 19.1 Å². The quantitative estimate of drug-likeness (QED) is 0.265. The zero-order chi connectivity index (χ0) is 29.4. The van der Waals surface area contributed by atoms with Gasteiger partial charge in [-0.25, -0.2) is 4.98 Å². The van der Waals surface area contributed by atoms with Gasteiger partial charge in [-0.2, -0.15) is 8.78 Å². The van der Waals surface area contributed by atoms with Gasteiger partial charge in [-0.15, -0.1) is 0 Å². The van der Waals surface area contributed by atoms with Crippen LogP contribution in [0.5, 0.6) is 5.75 Å². The molecule has 2 rings (SSSR count). The Kier molecular flexibility index (Phi) is 43.5. The third kappa shape index (κ3) is 26.8. The van der Waals surface area contributed by atoms with E-state index in [2.05, 4.69) is 34.2 Å². The maximum atomic E-state index is 13.3. The smallest absolute Gasteiger partial charge is 0.423 e. The van der Waals surface area contributed by atoms with Crippen molar-refractivity contribution in [3.63, 3.8) is 0 Å². The second-order valence-corrected chi connectivity index (χ2v) is 5.76. The average molecular weight is 522 g/mol. The predicted octanol–water partition coefficient (Wildman–Crippen LogP) is 8.79. The standard InChI is InChI=1S/C16H19F2NO4.C3H8.5C2H6/c1-20-7-8-22-16(17,18)6-5-12-3-4-13(11-19-12)23-15-9-14(10-15)21-2;1-3-2;5*1-2/h3-4,11,14-15H,7-10H2,1-2H3;3H2,1-2H3;5*1-2H3. The summed E-state index contributed by atoms with van der Waals surface area (Å²) in [5.41, 5.74) is 0.218. The fraction of sp³-hybridized carbons (Fsp3) is 0.759. The molecular formula is C29H57F2NO4. The summed E-state index contributed by atoms with van der Waals surface area (Å²) in [6.45, 7) is 24.1. The highest BCUT2D eigenvalue weighted by atomic mass is 19.3. The van der Waals surface area contributed by atoms with Crippen molar-refractivity contribution in [1.29, 1.82) is 0 Å². The van der Waals surface area contributed by atoms with Gasteiger partial charge in [0.25, 0.3) is 0 Å². The first-order valence-electron chi connectivity index (χ1n) is 13.6. The summed E-state index contributed by atoms with van der Waals surface area (Å²) < 4.78 is 46.4. The minimum absolute atomic E-state index is 0.0760. The van der Waals surface area contributed by atoms with E-state index >= 15 is 0 Å². The molecule has 0 N–H and O–H groups in total. The second-order valence-electron chi connectivity index (χ2n) is 5.76. The molecule has 1 aromatic heterocycles. The van der Waals surface area contributed by atoms with E-state index in [4.69, 9.17) is 9.47 Å². The SMILES string of the molecule is CC.CC.CC.CC.CC.CCC.COCCOC(F)(F)C#Cc1ccc(OC2CC(OC)C2)cn1. The van der Waals surface area contributed by atoms with E-state index in [9.17, 15) is 8.78 Å². The molecular weight excluding hydrogens is 464 g/mol. The van der Waals surface area contributed by atoms with Crippen molar-refractivity contribution in [3.8, 4) is 17.6 Å². The van der Waals surface area contributed by atoms with E-state index < -0.39 is 6.11 Å². The second kappa shape index (κ2) is 35.4. The lowest BCUT2D eigenvalue weighted by atomic mass is 9.92. The first-order chi connectivity index (χ1) is 17.4. The number of rotatable bonds is 7. The van der Waals surface area contributed by atoms with Crippen molar-refractivity contribution < 1.29 is 27.7 Å². The van der Waals surface area contributed by atoms with Crippen molar-refractivity contribution >= 4 is 0 Å². The molecule has 0 aromatic carbocycles. The number of nitrogens with zero attached hydrogens (tertiary/aromatic N) is 1. The minimum atomic E-state index is -3.53. The largest absolute Gasteiger partial charge is 0.489 e. The molecule has 1 aliphatic carbocycles. The lowest BCUT2D eigenvalue weighted by Crippen LogP contribution is -2.38. The number of hydrogen-bond donors (Lipinski definition) is 0. The molecule has 0 spiro atoms. The Morgan fingerprint density at radius 2 is 1.36 bits per heavy atom. The van der Waals surface area contributed by atoms with Crippen LogP contribution >= 0.6 is 0 Å². The molecule has 36 heavy (non-hydrogen) atoms. The first kappa shape index (κ1) is 44.3. The molecule has 0 saturated heterocycles. The van der Waals surface area contributed by atoms with Crippen LogP contribution in [0.1, 0.15) is 108 Å². The average Bonchev–Trinajstić information content (AvgIpc) is 2.92. The van der Waals surface area contributed by atoms with Crippen LogP contribution in [0.15, 0.2) is 18.3 Å². The topological polar surface area (TPSA) is 49.8 Å². The van der Waals surface area contributed by atoms with E-state index in [0.29, 0.717) is 5.75 Å². The van der Waals surface area contributed by atoms with E-state index in [-0.39, 0.29) is 31.1 Å². The Labute approximate surface area is 222 Å². The molecule has 0 amide bonds. The maximum absolute atomic E-state index is 13.3. The summed E-state index contributed by atoms with van der Waals surface area (Å²) in [4.78, 5) is 3.99. The molecule has 1 aliphatic rings. The van der Waals surface area contributed by atoms with E-state index in [1.165, 1.54) is 25.8 Å². The summed E-state index contributed by atoms with van der Waals surface area (Å²) in [7, 11) is 3.07. The number of hydrogen-bond acceptors (Lipinski definition) is 5. The number of aromatic nitrogens is 1. The van der Waals surface area contributed by atoms with Gasteiger partial charge in [0, 0.05) is 33.0 Å². The van der Waals surface area contributed by atoms with Gasteiger partial charge >= 0.3 is 6.11 Å². The maximum Gasteiger partial charge on any atom is 0.423 e. The zero-order valence-electron chi connectivity index (χ0n) is 25.8. The van der Waals surface area contributed by atoms with Crippen molar-refractivity contribution in [2.24, 2.45) is 0 Å². The van der Waals surface area contributed by atoms with Crippen LogP contribution in [-0.2, 0) is 14.2 Å². The van der Waals surface area contributed by atoms with Gasteiger partial charge in [0.2, 0.25) is 0 Å². The highest BCUT2D eigenvalue weighted by Gasteiger charge is 2.30. The Bertz CT molecular complexity index is 567. The first-order valence-corrected chi connectivity index (χ1v) is 13.6. The molecule has 216 valence electrons. The van der Waals surface area contributed by atoms with Crippen molar-refractivity contribution in [2.75, 3.05) is 27.4 Å². The van der Waals surface area contributed by atoms with Gasteiger partial charge in [0.1, 0.15) is 17.5 Å². The Morgan fingerprint density at radius 1 is 0.861 bits per heavy atom. The Hall–Kier alpha value is -1.75. The van der Waals surface area contributed by atoms with Gasteiger partial charge < -0.3 is 18.9 Å². The summed E-state index contributed by atoms with van der Waals surface area (Å²) in [5, 5.41) is 0. The van der Waals surface area contributed by atoms with Crippen molar-refractivity contribution in [1.82, 2.24) is 4.98 Å². The highest BCUT2D eigenvalue weighted by molar-refractivity contribution is 5.32. The Balaban J connectivity index is -0.000000212. The third-order valence-corrected chi connectivity index (χ3v) is 3.33. The van der Waals surface area contributed by atoms with Gasteiger partial charge in [0.05, 0.1) is 25.5 Å². The molecule has 1 fully saturated rings. The summed E-state index contributed by atoms with van der Waals surface area (Å²) >= 11 is 0. The number of alkyl halides is 2. The Morgan fingerprint density at radius 3 is 1.75 bits per heavy atom. The molecule has 1 aromatic rings. The van der Waals surface area contributed by atoms with Crippen LogP contribution in [0.25, 0.3) is 0 Å². The molecule has 0 aliphatic heterocycles. The van der Waals surface area contributed by atoms with Crippen molar-refractivity contribution in [2.45, 2.75) is 121 Å². The number of pyridine rings is 1. The number of halogens is 2. The number of methoxy groups -OCH3 is 2. The predicted molar refractivity (Wildman–Crippen MR) is 151 cm³/mol. The molecule has 0 radical (unpaired) electrons. The molecule has 0 unspecified atom stereocenters. The van der Waals surface area contributed by atoms with Crippen molar-refractivity contribution in [3.05, 3.63) is 24.0 Å². The molecule has 5 nitrogen and oxygen atoms in total. The van der Waals surface area contributed by atoms with Crippen LogP contribution < -0.4 is 4.74 Å². The van der Waals surface area contributed by atoms with Crippen LogP contribution in [0.3, 0.4) is 0 Å². The van der Waals surface area contributed by atoms with Crippen LogP contribution in [0.4, 0.5) is 8.78 Å². The lowest BCUT2D eigenvalue weighted by Gasteiger charge is -2.33. The lowest BCUT2D eigenvalue weighted by molar-refractivity contribution is -0.197. The van der Waals surface area contributed by atoms with Crippen LogP contribution in [0.2, 0.25) is 0 Å². The monoisotopic (exact) mass is 521 g/mol. The van der Waals surface area contributed by atoms with Gasteiger partial charge in [-0.1, -0.05) is 89.5 Å². The fourth-order valence-corrected chi connectivity index (χ4v) is 1.95. The molecule has 1 saturated carbocycles. The molecule has 7 heteroatoms. The number of ether oxygens (including phenoxy) is 4. The van der Waals surface area contributed by atoms with E-state index in [0.717, 1.165) is 12.8 Å². The normalized spacial score (nSPS) is 14.3. The minimum Gasteiger partial charge on any atom is -0.489 e. The summed E-state index contributed by atoms with van der Waals surface area (Å²) in [6, 6.07) is 3.18. The fourth-order valence-electron chi connectivity index (χ4n) is 1.95. The highest BCUT2D eigenvalue weighted by Crippen LogP contribution is 2.27. The molecule has 0 atom stereocenters. The van der Waals surface area contributed by atoms with Gasteiger partial charge in [-0.05, 0) is 18.1 Å². The van der Waals surface area contributed by atoms with E-state index in [1.807, 2.05) is 69.2 Å². The third-order valence-electron chi connectivity index (χ3n) is 3.33.